The van der Waals surface area contributed by atoms with Gasteiger partial charge in [0.25, 0.3) is 0 Å². The summed E-state index contributed by atoms with van der Waals surface area (Å²) in [5.74, 6) is 0. The lowest BCUT2D eigenvalue weighted by molar-refractivity contribution is -0.671. The molecule has 0 saturated carbocycles. The average molecular weight is 901 g/mol. The van der Waals surface area contributed by atoms with Crippen LogP contribution in [0.15, 0.2) is 271 Å². The number of rotatable bonds is 3. The number of pyridine rings is 1. The first-order chi connectivity index (χ1) is 31.6. The number of aryl methyl sites for hydroxylation is 3. The predicted octanol–water partition coefficient (Wildman–Crippen LogP) is 15.1. The topological polar surface area (TPSA) is 107 Å². The zero-order valence-electron chi connectivity index (χ0n) is 37.9. The van der Waals surface area contributed by atoms with Crippen LogP contribution >= 0.6 is 0 Å². The lowest BCUT2D eigenvalue weighted by atomic mass is 10.1. The Morgan fingerprint density at radius 1 is 0.612 bits per heavy atom. The summed E-state index contributed by atoms with van der Waals surface area (Å²) in [6.07, 6.45) is 28.3. The van der Waals surface area contributed by atoms with E-state index in [9.17, 15) is 0 Å². The molecule has 8 heteroatoms. The summed E-state index contributed by atoms with van der Waals surface area (Å²) < 4.78 is 6.47. The van der Waals surface area contributed by atoms with Crippen LogP contribution in [-0.4, -0.2) is 39.6 Å². The van der Waals surface area contributed by atoms with E-state index in [1.807, 2.05) is 182 Å². The van der Waals surface area contributed by atoms with Crippen molar-refractivity contribution in [2.24, 2.45) is 17.0 Å². The number of H-pyrrole nitrogens is 1. The third kappa shape index (κ3) is 44.6. The lowest BCUT2D eigenvalue weighted by Crippen LogP contribution is -2.25. The third-order valence-electron chi connectivity index (χ3n) is 7.74. The summed E-state index contributed by atoms with van der Waals surface area (Å²) in [7, 11) is 2.00. The number of aliphatic imine (C=N–C) groups is 2. The Morgan fingerprint density at radius 2 is 1.07 bits per heavy atom. The molecule has 0 spiro atoms. The molecule has 0 fully saturated rings. The molecule has 67 heavy (non-hydrogen) atoms. The summed E-state index contributed by atoms with van der Waals surface area (Å²) in [5.41, 5.74) is 4.44. The molecular weight excluding hydrogens is 823 g/mol. The molecule has 0 bridgehead atoms. The molecule has 0 aliphatic carbocycles. The maximum absolute atomic E-state index is 7.24. The van der Waals surface area contributed by atoms with Crippen LogP contribution in [0.5, 0.6) is 0 Å². The van der Waals surface area contributed by atoms with Crippen molar-refractivity contribution in [3.05, 3.63) is 273 Å². The maximum atomic E-state index is 7.24. The zero-order chi connectivity index (χ0) is 46.1. The Morgan fingerprint density at radius 3 is 1.25 bits per heavy atom. The summed E-state index contributed by atoms with van der Waals surface area (Å²) >= 11 is 0. The van der Waals surface area contributed by atoms with Crippen LogP contribution in [0.4, 0.5) is 0 Å². The SMILES string of the molecule is C.C.C.C1=CCN=C1.C1=CN=CC1.CC(=N)c1ccccc1.CCc1ccccc1.CCc1ccccc1.C[n+]1ccccc1.c1c[nH]cn1.c1ccccc1.c1ccccc1.c1cocn1. The molecule has 3 aromatic heterocycles. The van der Waals surface area contributed by atoms with E-state index in [1.54, 1.807) is 44.3 Å². The van der Waals surface area contributed by atoms with Gasteiger partial charge in [-0.2, -0.15) is 0 Å². The highest BCUT2D eigenvalue weighted by atomic mass is 16.3. The number of nitrogens with zero attached hydrogens (tertiary/aromatic N) is 5. The monoisotopic (exact) mass is 901 g/mol. The first-order valence-electron chi connectivity index (χ1n) is 21.2. The van der Waals surface area contributed by atoms with Crippen molar-refractivity contribution in [2.75, 3.05) is 6.54 Å². The van der Waals surface area contributed by atoms with Gasteiger partial charge >= 0.3 is 0 Å². The molecule has 354 valence electrons. The second kappa shape index (κ2) is 50.8. The maximum Gasteiger partial charge on any atom is 0.180 e. The van der Waals surface area contributed by atoms with Crippen molar-refractivity contribution in [3.63, 3.8) is 0 Å². The molecule has 0 radical (unpaired) electrons. The van der Waals surface area contributed by atoms with Gasteiger partial charge in [-0.05, 0) is 42.5 Å². The number of nitrogens with one attached hydrogen (secondary N) is 2. The largest absolute Gasteiger partial charge is 0.452 e. The van der Waals surface area contributed by atoms with Gasteiger partial charge in [-0.25, -0.2) is 14.5 Å². The van der Waals surface area contributed by atoms with Crippen molar-refractivity contribution in [1.29, 1.82) is 5.41 Å². The second-order valence-corrected chi connectivity index (χ2v) is 12.9. The first-order valence-corrected chi connectivity index (χ1v) is 21.2. The third-order valence-corrected chi connectivity index (χ3v) is 7.74. The standard InChI is InChI=1S/C8H9N.2C8H10.C6H8N.2C6H6.2C4H5N.C3H4N2.C3H3NO.3CH4/c1-7(9)8-5-3-2-4-6-8;2*1-2-8-6-4-3-5-7-8;1-7-5-3-2-4-6-7;2*1-2-4-6-5-3-1;2*1-2-4-5-3-1;2*1-2-5-3-4-1;;;/h2-6,9H,1H3;2*3-7H,2H2,1H3;2-6H,1H3;2*1-6H;1,3-4H,2H2;1-3H,4H2;1-3H,(H,4,5);1-3H;3*1H4/q;;;+1;;;;;;;;;. The number of hydrogen-bond acceptors (Lipinski definition) is 6. The second-order valence-electron chi connectivity index (χ2n) is 12.9. The Hall–Kier alpha value is -7.84. The number of aromatic nitrogens is 4. The smallest absolute Gasteiger partial charge is 0.180 e. The van der Waals surface area contributed by atoms with Gasteiger partial charge in [-0.3, -0.25) is 9.98 Å². The number of aromatic amines is 1. The van der Waals surface area contributed by atoms with Gasteiger partial charge in [-0.1, -0.05) is 218 Å². The Labute approximate surface area is 404 Å². The normalized spacial score (nSPS) is 9.55. The number of allylic oxidation sites excluding steroid dienone is 2. The zero-order valence-corrected chi connectivity index (χ0v) is 37.9. The molecule has 2 aliphatic rings. The molecule has 8 nitrogen and oxygen atoms in total. The molecule has 0 amide bonds. The van der Waals surface area contributed by atoms with Gasteiger partial charge in [0.05, 0.1) is 19.1 Å². The van der Waals surface area contributed by atoms with E-state index in [4.69, 9.17) is 5.41 Å². The molecule has 0 saturated heterocycles. The highest BCUT2D eigenvalue weighted by Gasteiger charge is 1.88. The molecule has 0 unspecified atom stereocenters. The molecule has 2 N–H and O–H groups in total. The Bertz CT molecular complexity index is 1970. The Kier molecular flexibility index (Phi) is 48.1. The minimum absolute atomic E-state index is 0. The summed E-state index contributed by atoms with van der Waals surface area (Å²) in [5, 5.41) is 7.24. The van der Waals surface area contributed by atoms with Crippen LogP contribution in [-0.2, 0) is 19.9 Å². The molecule has 5 heterocycles. The lowest BCUT2D eigenvalue weighted by Gasteiger charge is -1.92. The van der Waals surface area contributed by atoms with Gasteiger partial charge in [0, 0.05) is 55.3 Å². The first kappa shape index (κ1) is 63.4. The molecule has 0 atom stereocenters. The van der Waals surface area contributed by atoms with E-state index >= 15 is 0 Å². The van der Waals surface area contributed by atoms with Gasteiger partial charge in [0.1, 0.15) is 13.3 Å². The number of oxazole rings is 1. The Balaban J connectivity index is -0.000000680. The van der Waals surface area contributed by atoms with Crippen molar-refractivity contribution in [3.8, 4) is 0 Å². The van der Waals surface area contributed by atoms with Gasteiger partial charge < -0.3 is 14.8 Å². The molecular formula is C59H78N7O+. The van der Waals surface area contributed by atoms with Crippen LogP contribution in [0.3, 0.4) is 0 Å². The van der Waals surface area contributed by atoms with Crippen molar-refractivity contribution in [1.82, 2.24) is 15.0 Å². The van der Waals surface area contributed by atoms with E-state index in [0.29, 0.717) is 5.71 Å². The highest BCUT2D eigenvalue weighted by molar-refractivity contribution is 5.96. The van der Waals surface area contributed by atoms with Crippen LogP contribution in [0.2, 0.25) is 0 Å². The molecule has 2 aliphatic heterocycles. The number of hydrogen-bond donors (Lipinski definition) is 2. The minimum Gasteiger partial charge on any atom is -0.452 e. The fraction of sp³-hybridized carbons (Fsp3) is 0.186. The van der Waals surface area contributed by atoms with Gasteiger partial charge in [0.2, 0.25) is 0 Å². The predicted molar refractivity (Wildman–Crippen MR) is 291 cm³/mol. The van der Waals surface area contributed by atoms with E-state index in [2.05, 4.69) is 91.7 Å². The molecule has 8 aromatic rings. The minimum atomic E-state index is 0. The van der Waals surface area contributed by atoms with Crippen LogP contribution < -0.4 is 4.57 Å². The fourth-order valence-electron chi connectivity index (χ4n) is 4.37. The van der Waals surface area contributed by atoms with Crippen LogP contribution in [0.1, 0.15) is 66.2 Å². The van der Waals surface area contributed by atoms with Gasteiger partial charge in [-0.15, -0.1) is 0 Å². The summed E-state index contributed by atoms with van der Waals surface area (Å²) in [4.78, 5) is 17.6. The molecule has 10 rings (SSSR count). The highest BCUT2D eigenvalue weighted by Crippen LogP contribution is 1.99. The van der Waals surface area contributed by atoms with Crippen molar-refractivity contribution >= 4 is 18.1 Å². The number of imidazole rings is 1. The quantitative estimate of drug-likeness (QED) is 0.136. The summed E-state index contributed by atoms with van der Waals surface area (Å²) in [6.45, 7) is 7.00. The van der Waals surface area contributed by atoms with E-state index in [-0.39, 0.29) is 22.3 Å². The van der Waals surface area contributed by atoms with Gasteiger partial charge in [0.15, 0.2) is 18.8 Å². The molecule has 5 aromatic carbocycles. The van der Waals surface area contributed by atoms with Crippen molar-refractivity contribution < 1.29 is 8.98 Å². The van der Waals surface area contributed by atoms with Crippen LogP contribution in [0.25, 0.3) is 0 Å². The number of benzene rings is 5. The average Bonchev–Trinajstić information content (AvgIpc) is 4.26. The van der Waals surface area contributed by atoms with E-state index in [1.165, 1.54) is 23.8 Å². The van der Waals surface area contributed by atoms with E-state index < -0.39 is 0 Å². The fourth-order valence-corrected chi connectivity index (χ4v) is 4.37. The van der Waals surface area contributed by atoms with Crippen LogP contribution in [0, 0.1) is 5.41 Å². The van der Waals surface area contributed by atoms with E-state index in [0.717, 1.165) is 31.4 Å². The van der Waals surface area contributed by atoms with Crippen molar-refractivity contribution in [2.45, 2.75) is 62.3 Å². The summed E-state index contributed by atoms with van der Waals surface area (Å²) in [6, 6.07) is 60.6.